The molecule has 37 heteroatoms. The summed E-state index contributed by atoms with van der Waals surface area (Å²) in [5.41, 5.74) is 8.21. The number of likely N-dealkylation sites (N-methyl/N-ethyl adjacent to an activating group) is 2. The first-order valence-electron chi connectivity index (χ1n) is 38.0. The highest BCUT2D eigenvalue weighted by Gasteiger charge is 2.56. The number of hydrogen-bond acceptors (Lipinski definition) is 29. The van der Waals surface area contributed by atoms with Gasteiger partial charge in [0.2, 0.25) is 41.1 Å². The number of urea groups is 1. The third-order valence-electron chi connectivity index (χ3n) is 20.4. The number of imide groups is 1. The molecule has 4 saturated heterocycles. The van der Waals surface area contributed by atoms with Crippen molar-refractivity contribution in [3.63, 3.8) is 0 Å². The highest BCUT2D eigenvalue weighted by molar-refractivity contribution is 6.31. The Morgan fingerprint density at radius 2 is 1.41 bits per heavy atom. The highest BCUT2D eigenvalue weighted by Crippen LogP contribution is 2.53. The van der Waals surface area contributed by atoms with Crippen molar-refractivity contribution in [1.29, 1.82) is 0 Å². The zero-order valence-electron chi connectivity index (χ0n) is 65.9. The fourth-order valence-electron chi connectivity index (χ4n) is 14.1. The standard InChI is InChI=1S/C46H54N4O16.C31H54N6O11/c1-23-41-28(50-16-17-61-43(60-6)42(50)66-41)18-32(64-23)65-30-20-46(58,19-27-34(30)40(55)36-35(38(27)53)37(52)26-8-7-9-29(59-5)33(26)39(36)54)31(51)22-63-45(57)49(4)15-14-48(3)44(56)62-21-24-10-12-25(47-2)13-11-24;1-21(2)28(24(38)20-23(29(32)42)5-4-8-35-31(33)44)36-26(40)7-11-45-13-15-47-17-18-48-16-14-46-12-9-34-25(39)6-10-37-27(41)19-22(3)30(37)43/h7-13,23,28,30,32,41-43,47,53,55,58H,14-22H2,1-6H3;21-23,28H,4-20H2,1-3H3,(H2,32,42)(H,34,39)(H,36,40)(H3,33,35,44)/t23-,28-,30-,32-,41+,42?,43-,46-;22?,23-,28+/m01/s1. The van der Waals surface area contributed by atoms with E-state index < -0.39 is 138 Å². The fourth-order valence-corrected chi connectivity index (χ4v) is 14.1. The minimum absolute atomic E-state index is 0.00686. The number of likely N-dealkylation sites (tertiary alicyclic amines) is 1. The van der Waals surface area contributed by atoms with Crippen LogP contribution < -0.4 is 37.5 Å². The Balaban J connectivity index is 0.000000302. The summed E-state index contributed by atoms with van der Waals surface area (Å²) < 4.78 is 68.3. The summed E-state index contributed by atoms with van der Waals surface area (Å²) in [6, 6.07) is 10.0. The largest absolute Gasteiger partial charge is 0.507 e. The number of ketones is 4. The molecule has 11 atom stereocenters. The number of aromatic hydroxyl groups is 2. The predicted octanol–water partition coefficient (Wildman–Crippen LogP) is 2.09. The van der Waals surface area contributed by atoms with E-state index in [0.717, 1.165) is 21.1 Å². The first-order valence-corrected chi connectivity index (χ1v) is 38.0. The van der Waals surface area contributed by atoms with Crippen molar-refractivity contribution in [2.24, 2.45) is 29.2 Å². The van der Waals surface area contributed by atoms with Crippen molar-refractivity contribution in [3.8, 4) is 17.2 Å². The number of Topliss-reactive ketones (excluding diaryl/α,β-unsaturated/α-hetero) is 2. The Morgan fingerprint density at radius 1 is 0.763 bits per heavy atom. The van der Waals surface area contributed by atoms with Crippen LogP contribution in [0.1, 0.15) is 134 Å². The van der Waals surface area contributed by atoms with Gasteiger partial charge in [-0.25, -0.2) is 14.4 Å². The minimum atomic E-state index is -2.41. The van der Waals surface area contributed by atoms with E-state index in [2.05, 4.69) is 26.2 Å². The molecule has 628 valence electrons. The Kier molecular flexibility index (Phi) is 33.7. The molecule has 3 aromatic carbocycles. The van der Waals surface area contributed by atoms with Crippen LogP contribution in [0, 0.1) is 17.8 Å². The van der Waals surface area contributed by atoms with E-state index in [1.165, 1.54) is 51.4 Å². The minimum Gasteiger partial charge on any atom is -0.507 e. The molecule has 9 amide bonds. The summed E-state index contributed by atoms with van der Waals surface area (Å²) in [5, 5.41) is 47.1. The van der Waals surface area contributed by atoms with Gasteiger partial charge in [0.25, 0.3) is 0 Å². The number of rotatable bonds is 41. The molecule has 37 nitrogen and oxygen atoms in total. The van der Waals surface area contributed by atoms with Crippen LogP contribution in [0.2, 0.25) is 0 Å². The van der Waals surface area contributed by atoms with Crippen molar-refractivity contribution in [2.45, 2.75) is 147 Å². The Labute approximate surface area is 660 Å². The predicted molar refractivity (Wildman–Crippen MR) is 401 cm³/mol. The molecule has 2 aliphatic carbocycles. The van der Waals surface area contributed by atoms with Gasteiger partial charge in [-0.2, -0.15) is 0 Å². The number of fused-ring (bicyclic) bond motifs is 6. The van der Waals surface area contributed by atoms with Crippen molar-refractivity contribution < 1.29 is 130 Å². The molecule has 0 bridgehead atoms. The maximum atomic E-state index is 14.2. The number of hydrogen-bond donors (Lipinski definition) is 9. The third-order valence-corrected chi connectivity index (χ3v) is 20.4. The Bertz CT molecular complexity index is 3900. The van der Waals surface area contributed by atoms with E-state index in [9.17, 15) is 72.9 Å². The number of nitrogens with one attached hydrogen (secondary N) is 4. The lowest BCUT2D eigenvalue weighted by Crippen LogP contribution is -2.55. The van der Waals surface area contributed by atoms with Gasteiger partial charge in [-0.3, -0.25) is 53.0 Å². The van der Waals surface area contributed by atoms with E-state index in [0.29, 0.717) is 72.2 Å². The second kappa shape index (κ2) is 42.7. The van der Waals surface area contributed by atoms with E-state index >= 15 is 0 Å². The molecule has 9 rings (SSSR count). The summed E-state index contributed by atoms with van der Waals surface area (Å²) >= 11 is 0. The second-order valence-electron chi connectivity index (χ2n) is 28.8. The number of phenolic OH excluding ortho intramolecular Hbond substituents is 2. The van der Waals surface area contributed by atoms with Crippen LogP contribution in [0.4, 0.5) is 20.1 Å². The van der Waals surface area contributed by atoms with Crippen molar-refractivity contribution >= 4 is 76.6 Å². The zero-order chi connectivity index (χ0) is 83.1. The first kappa shape index (κ1) is 90.0. The number of nitrogens with zero attached hydrogens (tertiary/aromatic N) is 4. The lowest BCUT2D eigenvalue weighted by molar-refractivity contribution is -0.256. The normalized spacial score (nSPS) is 22.0. The molecule has 2 unspecified atom stereocenters. The summed E-state index contributed by atoms with van der Waals surface area (Å²) in [7, 11) is 7.55. The number of amides is 9. The van der Waals surface area contributed by atoms with Gasteiger partial charge >= 0.3 is 18.2 Å². The number of primary amides is 2. The maximum Gasteiger partial charge on any atom is 0.409 e. The van der Waals surface area contributed by atoms with Crippen molar-refractivity contribution in [1.82, 2.24) is 35.6 Å². The Morgan fingerprint density at radius 3 is 2.03 bits per heavy atom. The van der Waals surface area contributed by atoms with Gasteiger partial charge in [-0.05, 0) is 49.4 Å². The van der Waals surface area contributed by atoms with Gasteiger partial charge in [-0.1, -0.05) is 45.0 Å². The number of aliphatic hydroxyl groups is 1. The highest BCUT2D eigenvalue weighted by atomic mass is 16.7. The summed E-state index contributed by atoms with van der Waals surface area (Å²) in [4.78, 5) is 157. The van der Waals surface area contributed by atoms with Crippen LogP contribution in [-0.4, -0.2) is 295 Å². The van der Waals surface area contributed by atoms with E-state index in [-0.39, 0.29) is 153 Å². The van der Waals surface area contributed by atoms with Crippen LogP contribution in [0.3, 0.4) is 0 Å². The SMILES string of the molecule is CC1CC(=O)N(CCC(=O)NCCOCCOCCOCCOCCC(=O)N[C@H](C(=O)C[C@@H](CCCNC(N)=O)C(N)=O)C(C)C)C1=O.CNc1ccc(COC(=O)N(C)CCN(C)C(=O)OCC(=O)[C@]2(O)Cc3c(O)c4c(c(O)c3[C@@H](O[C@H]3C[C@H]5[C@H](OC6[C@@H](OC)OCCN65)[C@H](C)O3)C2)C(=O)c2c(OC)cccc2C4=O)cc1. The lowest BCUT2D eigenvalue weighted by Gasteiger charge is -2.43. The van der Waals surface area contributed by atoms with Crippen molar-refractivity contribution in [3.05, 3.63) is 81.4 Å². The van der Waals surface area contributed by atoms with Crippen molar-refractivity contribution in [2.75, 3.05) is 146 Å². The van der Waals surface area contributed by atoms with Crippen LogP contribution in [0.5, 0.6) is 17.2 Å². The van der Waals surface area contributed by atoms with E-state index in [4.69, 9.17) is 68.3 Å². The molecule has 4 aliphatic heterocycles. The van der Waals surface area contributed by atoms with E-state index in [1.54, 1.807) is 34.7 Å². The summed E-state index contributed by atoms with van der Waals surface area (Å²) in [5.74, 6) is -7.17. The number of anilines is 1. The van der Waals surface area contributed by atoms with Gasteiger partial charge in [0.05, 0.1) is 102 Å². The number of ether oxygens (including phenoxy) is 12. The molecule has 4 fully saturated rings. The fraction of sp³-hybridized carbons (Fsp3) is 0.610. The van der Waals surface area contributed by atoms with Crippen LogP contribution in [0.25, 0.3) is 0 Å². The van der Waals surface area contributed by atoms with Gasteiger partial charge in [0, 0.05) is 153 Å². The maximum absolute atomic E-state index is 14.2. The molecule has 4 heterocycles. The van der Waals surface area contributed by atoms with Crippen LogP contribution in [0.15, 0.2) is 42.5 Å². The average molecular weight is 1610 g/mol. The second-order valence-corrected chi connectivity index (χ2v) is 28.8. The number of nitrogens with two attached hydrogens (primary N) is 2. The summed E-state index contributed by atoms with van der Waals surface area (Å²) in [6.07, 6.45) is -6.21. The van der Waals surface area contributed by atoms with Crippen LogP contribution >= 0.6 is 0 Å². The number of carbonyl (C=O) groups excluding carboxylic acids is 12. The molecule has 11 N–H and O–H groups in total. The van der Waals surface area contributed by atoms with Gasteiger partial charge in [0.15, 0.2) is 37.0 Å². The van der Waals surface area contributed by atoms with Gasteiger partial charge < -0.3 is 115 Å². The molecular weight excluding hydrogens is 1500 g/mol. The molecule has 6 aliphatic rings. The zero-order valence-corrected chi connectivity index (χ0v) is 65.9. The molecule has 0 spiro atoms. The third kappa shape index (κ3) is 23.6. The smallest absolute Gasteiger partial charge is 0.409 e. The number of phenols is 2. The molecule has 0 radical (unpaired) electrons. The number of carbonyl (C=O) groups is 12. The number of benzene rings is 3. The molecule has 0 saturated carbocycles. The van der Waals surface area contributed by atoms with Crippen LogP contribution in [-0.2, 0) is 98.7 Å². The molecular formula is C77H108N10O27. The Hall–Kier alpha value is -9.54. The van der Waals surface area contributed by atoms with E-state index in [1.807, 2.05) is 24.3 Å². The quantitative estimate of drug-likeness (QED) is 0.0174. The molecule has 0 aromatic heterocycles. The lowest BCUT2D eigenvalue weighted by atomic mass is 9.72. The number of methoxy groups -OCH3 is 2. The number of morpholine rings is 1. The van der Waals surface area contributed by atoms with Gasteiger partial charge in [-0.15, -0.1) is 0 Å². The topological polar surface area (TPSA) is 489 Å². The summed E-state index contributed by atoms with van der Waals surface area (Å²) in [6.45, 7) is 10.2. The average Bonchev–Trinajstić information content (AvgIpc) is 0.878. The first-order chi connectivity index (χ1) is 54.4. The monoisotopic (exact) mass is 1600 g/mol. The molecule has 114 heavy (non-hydrogen) atoms. The van der Waals surface area contributed by atoms with Gasteiger partial charge in [0.1, 0.15) is 35.6 Å². The molecule has 3 aromatic rings.